The van der Waals surface area contributed by atoms with Crippen LogP contribution in [-0.2, 0) is 0 Å². The molecule has 52 valence electrons. The van der Waals surface area contributed by atoms with Crippen LogP contribution >= 0.6 is 0 Å². The van der Waals surface area contributed by atoms with Gasteiger partial charge in [-0.25, -0.2) is 0 Å². The maximum atomic E-state index is 8.40. The van der Waals surface area contributed by atoms with Crippen molar-refractivity contribution in [2.24, 2.45) is 0 Å². The summed E-state index contributed by atoms with van der Waals surface area (Å²) in [5, 5.41) is 16.8. The average Bonchev–Trinajstić information content (AvgIpc) is 1.88. The van der Waals surface area contributed by atoms with Crippen LogP contribution in [0.1, 0.15) is 13.3 Å². The third-order valence-electron chi connectivity index (χ3n) is 1.00. The molecule has 0 radical (unpaired) electrons. The topological polar surface area (TPSA) is 47.3 Å². The Morgan fingerprint density at radius 1 is 1.56 bits per heavy atom. The molecule has 0 amide bonds. The molecule has 0 aromatic carbocycles. The third kappa shape index (κ3) is 3.80. The minimum Gasteiger partial charge on any atom is -0.395 e. The Morgan fingerprint density at radius 3 is 2.56 bits per heavy atom. The fraction of sp³-hybridized carbons (Fsp3) is 0.833. The molecule has 0 saturated heterocycles. The third-order valence-corrected chi connectivity index (χ3v) is 1.00. The maximum Gasteiger partial charge on any atom is 0.179 e. The van der Waals surface area contributed by atoms with Crippen molar-refractivity contribution >= 4 is 0 Å². The summed E-state index contributed by atoms with van der Waals surface area (Å²) in [5.41, 5.74) is 0. The van der Waals surface area contributed by atoms with Gasteiger partial charge in [-0.15, -0.1) is 0 Å². The van der Waals surface area contributed by atoms with E-state index in [1.165, 1.54) is 0 Å². The standard InChI is InChI=1S/C6H12N2O/c1-2-3-8(6-7)4-5-9/h9H,2-5H2,1H3. The Labute approximate surface area is 55.5 Å². The second-order valence-corrected chi connectivity index (χ2v) is 1.81. The summed E-state index contributed by atoms with van der Waals surface area (Å²) in [6.45, 7) is 3.27. The molecule has 0 heterocycles. The Hall–Kier alpha value is -0.750. The molecule has 0 rings (SSSR count). The van der Waals surface area contributed by atoms with E-state index in [9.17, 15) is 0 Å². The van der Waals surface area contributed by atoms with Crippen molar-refractivity contribution in [1.82, 2.24) is 4.90 Å². The van der Waals surface area contributed by atoms with E-state index in [4.69, 9.17) is 10.4 Å². The van der Waals surface area contributed by atoms with Crippen molar-refractivity contribution in [2.75, 3.05) is 19.7 Å². The molecule has 0 aromatic heterocycles. The van der Waals surface area contributed by atoms with Crippen LogP contribution in [0.4, 0.5) is 0 Å². The lowest BCUT2D eigenvalue weighted by molar-refractivity contribution is 0.242. The predicted molar refractivity (Wildman–Crippen MR) is 34.6 cm³/mol. The minimum absolute atomic E-state index is 0.0631. The van der Waals surface area contributed by atoms with E-state index < -0.39 is 0 Å². The van der Waals surface area contributed by atoms with Crippen molar-refractivity contribution in [1.29, 1.82) is 5.26 Å². The fourth-order valence-corrected chi connectivity index (χ4v) is 0.602. The van der Waals surface area contributed by atoms with Gasteiger partial charge in [0.2, 0.25) is 0 Å². The van der Waals surface area contributed by atoms with E-state index in [-0.39, 0.29) is 6.61 Å². The van der Waals surface area contributed by atoms with Gasteiger partial charge in [-0.2, -0.15) is 5.26 Å². The predicted octanol–water partition coefficient (Wildman–Crippen LogP) is 0.172. The first kappa shape index (κ1) is 8.25. The Balaban J connectivity index is 3.32. The van der Waals surface area contributed by atoms with Gasteiger partial charge in [0.25, 0.3) is 0 Å². The lowest BCUT2D eigenvalue weighted by atomic mass is 10.4. The molecule has 0 aliphatic carbocycles. The molecule has 0 aromatic rings. The molecule has 0 saturated carbocycles. The highest BCUT2D eigenvalue weighted by Crippen LogP contribution is 1.85. The van der Waals surface area contributed by atoms with E-state index in [1.807, 2.05) is 13.1 Å². The van der Waals surface area contributed by atoms with Gasteiger partial charge in [0.05, 0.1) is 13.2 Å². The van der Waals surface area contributed by atoms with Gasteiger partial charge in [-0.05, 0) is 6.42 Å². The summed E-state index contributed by atoms with van der Waals surface area (Å²) >= 11 is 0. The van der Waals surface area contributed by atoms with E-state index >= 15 is 0 Å². The quantitative estimate of drug-likeness (QED) is 0.433. The number of nitrogens with zero attached hydrogens (tertiary/aromatic N) is 2. The number of hydrogen-bond acceptors (Lipinski definition) is 3. The summed E-state index contributed by atoms with van der Waals surface area (Å²) in [6, 6.07) is 0. The van der Waals surface area contributed by atoms with Crippen LogP contribution in [0, 0.1) is 11.5 Å². The number of hydrogen-bond donors (Lipinski definition) is 1. The Bertz CT molecular complexity index is 91.7. The summed E-state index contributed by atoms with van der Waals surface area (Å²) in [7, 11) is 0. The van der Waals surface area contributed by atoms with Crippen LogP contribution in [0.2, 0.25) is 0 Å². The second-order valence-electron chi connectivity index (χ2n) is 1.81. The average molecular weight is 128 g/mol. The van der Waals surface area contributed by atoms with Crippen LogP contribution in [0.25, 0.3) is 0 Å². The zero-order chi connectivity index (χ0) is 7.11. The highest BCUT2D eigenvalue weighted by molar-refractivity contribution is 4.71. The van der Waals surface area contributed by atoms with E-state index in [2.05, 4.69) is 0 Å². The molecule has 0 aliphatic rings. The van der Waals surface area contributed by atoms with Crippen LogP contribution in [0.15, 0.2) is 0 Å². The molecule has 1 N–H and O–H groups in total. The lowest BCUT2D eigenvalue weighted by Crippen LogP contribution is -2.21. The molecule has 3 heteroatoms. The van der Waals surface area contributed by atoms with Gasteiger partial charge in [0.15, 0.2) is 6.19 Å². The highest BCUT2D eigenvalue weighted by Gasteiger charge is 1.95. The van der Waals surface area contributed by atoms with E-state index in [1.54, 1.807) is 4.90 Å². The molecule has 0 bridgehead atoms. The smallest absolute Gasteiger partial charge is 0.179 e. The van der Waals surface area contributed by atoms with Gasteiger partial charge in [0.1, 0.15) is 0 Å². The molecule has 3 nitrogen and oxygen atoms in total. The summed E-state index contributed by atoms with van der Waals surface area (Å²) in [5.74, 6) is 0. The van der Waals surface area contributed by atoms with Crippen LogP contribution in [0.5, 0.6) is 0 Å². The summed E-state index contributed by atoms with van der Waals surface area (Å²) < 4.78 is 0. The Morgan fingerprint density at radius 2 is 2.22 bits per heavy atom. The number of nitriles is 1. The second kappa shape index (κ2) is 5.39. The van der Waals surface area contributed by atoms with Crippen molar-refractivity contribution in [3.8, 4) is 6.19 Å². The summed E-state index contributed by atoms with van der Waals surface area (Å²) in [4.78, 5) is 1.54. The van der Waals surface area contributed by atoms with Crippen molar-refractivity contribution in [2.45, 2.75) is 13.3 Å². The molecular formula is C6H12N2O. The molecule has 9 heavy (non-hydrogen) atoms. The monoisotopic (exact) mass is 128 g/mol. The van der Waals surface area contributed by atoms with E-state index in [0.29, 0.717) is 6.54 Å². The van der Waals surface area contributed by atoms with Crippen molar-refractivity contribution < 1.29 is 5.11 Å². The van der Waals surface area contributed by atoms with Crippen molar-refractivity contribution in [3.63, 3.8) is 0 Å². The minimum atomic E-state index is 0.0631. The first-order valence-electron chi connectivity index (χ1n) is 3.10. The van der Waals surface area contributed by atoms with Crippen LogP contribution < -0.4 is 0 Å². The number of aliphatic hydroxyl groups excluding tert-OH is 1. The van der Waals surface area contributed by atoms with Gasteiger partial charge in [-0.1, -0.05) is 6.92 Å². The maximum absolute atomic E-state index is 8.40. The molecule has 0 spiro atoms. The molecular weight excluding hydrogens is 116 g/mol. The molecule has 0 atom stereocenters. The normalized spacial score (nSPS) is 8.56. The lowest BCUT2D eigenvalue weighted by Gasteiger charge is -2.10. The molecule has 0 fully saturated rings. The fourth-order valence-electron chi connectivity index (χ4n) is 0.602. The van der Waals surface area contributed by atoms with Gasteiger partial charge in [0, 0.05) is 6.54 Å². The first-order valence-corrected chi connectivity index (χ1v) is 3.10. The zero-order valence-electron chi connectivity index (χ0n) is 5.67. The van der Waals surface area contributed by atoms with Gasteiger partial charge >= 0.3 is 0 Å². The SMILES string of the molecule is CCCN(C#N)CCO. The summed E-state index contributed by atoms with van der Waals surface area (Å²) in [6.07, 6.45) is 2.93. The first-order chi connectivity index (χ1) is 4.35. The number of rotatable bonds is 4. The largest absolute Gasteiger partial charge is 0.395 e. The van der Waals surface area contributed by atoms with Crippen LogP contribution in [0.3, 0.4) is 0 Å². The highest BCUT2D eigenvalue weighted by atomic mass is 16.3. The molecule has 0 aliphatic heterocycles. The van der Waals surface area contributed by atoms with E-state index in [0.717, 1.165) is 13.0 Å². The number of aliphatic hydroxyl groups is 1. The van der Waals surface area contributed by atoms with Crippen molar-refractivity contribution in [3.05, 3.63) is 0 Å². The van der Waals surface area contributed by atoms with Gasteiger partial charge in [-0.3, -0.25) is 0 Å². The van der Waals surface area contributed by atoms with Crippen LogP contribution in [-0.4, -0.2) is 29.7 Å². The Kier molecular flexibility index (Phi) is 4.94. The zero-order valence-corrected chi connectivity index (χ0v) is 5.67. The molecule has 0 unspecified atom stereocenters. The van der Waals surface area contributed by atoms with Gasteiger partial charge < -0.3 is 10.0 Å².